The third-order valence-electron chi connectivity index (χ3n) is 6.39. The second kappa shape index (κ2) is 7.65. The Morgan fingerprint density at radius 2 is 1.97 bits per heavy atom. The average Bonchev–Trinajstić information content (AvgIpc) is 3.21. The molecule has 4 rings (SSSR count). The molecular weight excluding hydrogens is 400 g/mol. The maximum Gasteiger partial charge on any atom is 0.325 e. The molecule has 1 aromatic heterocycles. The molecule has 2 aliphatic rings. The largest absolute Gasteiger partial charge is 0.348 e. The lowest BCUT2D eigenvalue weighted by Gasteiger charge is -2.40. The minimum absolute atomic E-state index is 0.188. The molecule has 1 saturated heterocycles. The highest BCUT2D eigenvalue weighted by atomic mass is 32.1. The summed E-state index contributed by atoms with van der Waals surface area (Å²) in [6.45, 7) is 6.66. The second-order valence-electron chi connectivity index (χ2n) is 9.40. The smallest absolute Gasteiger partial charge is 0.325 e. The van der Waals surface area contributed by atoms with E-state index in [0.29, 0.717) is 18.8 Å². The van der Waals surface area contributed by atoms with Crippen molar-refractivity contribution in [3.63, 3.8) is 0 Å². The Labute approximate surface area is 180 Å². The van der Waals surface area contributed by atoms with E-state index in [0.717, 1.165) is 33.0 Å². The van der Waals surface area contributed by atoms with Gasteiger partial charge in [-0.25, -0.2) is 9.78 Å². The van der Waals surface area contributed by atoms with Gasteiger partial charge in [-0.1, -0.05) is 32.9 Å². The van der Waals surface area contributed by atoms with Crippen molar-refractivity contribution < 1.29 is 14.4 Å². The summed E-state index contributed by atoms with van der Waals surface area (Å²) in [4.78, 5) is 43.5. The van der Waals surface area contributed by atoms with Gasteiger partial charge in [0.2, 0.25) is 5.91 Å². The minimum Gasteiger partial charge on any atom is -0.348 e. The van der Waals surface area contributed by atoms with E-state index in [1.807, 2.05) is 24.3 Å². The summed E-state index contributed by atoms with van der Waals surface area (Å²) in [5.74, 6) is -0.104. The van der Waals surface area contributed by atoms with Crippen LogP contribution in [0, 0.1) is 11.3 Å². The lowest BCUT2D eigenvalue weighted by molar-refractivity contribution is -0.136. The molecule has 7 nitrogen and oxygen atoms in total. The van der Waals surface area contributed by atoms with Crippen molar-refractivity contribution in [2.75, 3.05) is 6.54 Å². The maximum absolute atomic E-state index is 13.0. The molecule has 160 valence electrons. The zero-order chi connectivity index (χ0) is 21.5. The molecule has 1 aliphatic heterocycles. The van der Waals surface area contributed by atoms with E-state index in [4.69, 9.17) is 0 Å². The highest BCUT2D eigenvalue weighted by Gasteiger charge is 2.53. The zero-order valence-electron chi connectivity index (χ0n) is 17.7. The number of carbonyl (C=O) groups is 3. The van der Waals surface area contributed by atoms with Crippen LogP contribution in [0.3, 0.4) is 0 Å². The van der Waals surface area contributed by atoms with Gasteiger partial charge in [-0.15, -0.1) is 11.3 Å². The van der Waals surface area contributed by atoms with Crippen molar-refractivity contribution in [1.29, 1.82) is 0 Å². The van der Waals surface area contributed by atoms with E-state index in [2.05, 4.69) is 36.4 Å². The monoisotopic (exact) mass is 428 g/mol. The van der Waals surface area contributed by atoms with Crippen LogP contribution in [0.25, 0.3) is 10.2 Å². The molecule has 30 heavy (non-hydrogen) atoms. The first-order valence-corrected chi connectivity index (χ1v) is 11.2. The van der Waals surface area contributed by atoms with Crippen LogP contribution in [0.5, 0.6) is 0 Å². The molecule has 2 N–H and O–H groups in total. The summed E-state index contributed by atoms with van der Waals surface area (Å²) in [6.07, 6.45) is 3.05. The Morgan fingerprint density at radius 1 is 1.27 bits per heavy atom. The molecular formula is C22H28N4O3S. The molecule has 1 aromatic carbocycles. The van der Waals surface area contributed by atoms with E-state index in [-0.39, 0.29) is 30.3 Å². The van der Waals surface area contributed by atoms with E-state index in [9.17, 15) is 14.4 Å². The lowest BCUT2D eigenvalue weighted by atomic mass is 9.67. The molecule has 1 spiro atoms. The lowest BCUT2D eigenvalue weighted by Crippen LogP contribution is -2.51. The van der Waals surface area contributed by atoms with E-state index in [1.165, 1.54) is 11.3 Å². The Balaban J connectivity index is 1.34. The molecule has 0 atom stereocenters. The number of hydrogen-bond acceptors (Lipinski definition) is 5. The number of benzene rings is 1. The summed E-state index contributed by atoms with van der Waals surface area (Å²) < 4.78 is 1.06. The van der Waals surface area contributed by atoms with E-state index < -0.39 is 11.6 Å². The zero-order valence-corrected chi connectivity index (χ0v) is 18.5. The van der Waals surface area contributed by atoms with Crippen LogP contribution in [-0.2, 0) is 16.1 Å². The van der Waals surface area contributed by atoms with Crippen LogP contribution in [0.4, 0.5) is 4.79 Å². The predicted octanol–water partition coefficient (Wildman–Crippen LogP) is 3.44. The number of fused-ring (bicyclic) bond motifs is 1. The average molecular weight is 429 g/mol. The Hall–Kier alpha value is -2.48. The minimum atomic E-state index is -0.841. The van der Waals surface area contributed by atoms with Crippen molar-refractivity contribution in [3.05, 3.63) is 29.3 Å². The summed E-state index contributed by atoms with van der Waals surface area (Å²) in [5.41, 5.74) is 0.244. The Morgan fingerprint density at radius 3 is 2.63 bits per heavy atom. The molecule has 0 radical (unpaired) electrons. The Bertz CT molecular complexity index is 953. The van der Waals surface area contributed by atoms with E-state index in [1.54, 1.807) is 0 Å². The third-order valence-corrected chi connectivity index (χ3v) is 7.42. The Kier molecular flexibility index (Phi) is 5.30. The van der Waals surface area contributed by atoms with Crippen molar-refractivity contribution in [3.8, 4) is 0 Å². The second-order valence-corrected chi connectivity index (χ2v) is 10.5. The molecule has 4 amide bonds. The number of rotatable bonds is 4. The number of carbonyl (C=O) groups excluding carboxylic acids is 3. The molecule has 0 unspecified atom stereocenters. The van der Waals surface area contributed by atoms with Gasteiger partial charge in [0.25, 0.3) is 5.91 Å². The van der Waals surface area contributed by atoms with Gasteiger partial charge in [0.1, 0.15) is 17.1 Å². The molecule has 2 aromatic rings. The first kappa shape index (κ1) is 20.8. The van der Waals surface area contributed by atoms with Crippen molar-refractivity contribution in [2.24, 2.45) is 11.3 Å². The fourth-order valence-corrected chi connectivity index (χ4v) is 5.41. The van der Waals surface area contributed by atoms with Crippen molar-refractivity contribution >= 4 is 39.4 Å². The normalized spacial score (nSPS) is 24.5. The number of para-hydroxylation sites is 1. The van der Waals surface area contributed by atoms with Gasteiger partial charge in [-0.3, -0.25) is 14.5 Å². The van der Waals surface area contributed by atoms with E-state index >= 15 is 0 Å². The molecule has 1 saturated carbocycles. The van der Waals surface area contributed by atoms with Crippen LogP contribution in [-0.4, -0.2) is 39.8 Å². The fourth-order valence-electron chi connectivity index (χ4n) is 4.50. The number of imide groups is 1. The number of urea groups is 1. The van der Waals surface area contributed by atoms with Gasteiger partial charge in [0.05, 0.1) is 16.8 Å². The molecule has 2 heterocycles. The number of hydrogen-bond donors (Lipinski definition) is 2. The highest BCUT2D eigenvalue weighted by Crippen LogP contribution is 2.43. The number of nitrogens with one attached hydrogen (secondary N) is 2. The molecule has 1 aliphatic carbocycles. The van der Waals surface area contributed by atoms with Gasteiger partial charge in [-0.05, 0) is 49.1 Å². The fraction of sp³-hybridized carbons (Fsp3) is 0.545. The van der Waals surface area contributed by atoms with Gasteiger partial charge in [0, 0.05) is 0 Å². The SMILES string of the molecule is CC(C)(C)C1CCC2(CC1)NC(=O)N(CC(=O)NCc1nc3ccccc3s1)C2=O. The first-order valence-electron chi connectivity index (χ1n) is 10.4. The molecule has 8 heteroatoms. The summed E-state index contributed by atoms with van der Waals surface area (Å²) in [5, 5.41) is 6.46. The maximum atomic E-state index is 13.0. The van der Waals surface area contributed by atoms with Crippen LogP contribution >= 0.6 is 11.3 Å². The summed E-state index contributed by atoms with van der Waals surface area (Å²) in [7, 11) is 0. The first-order chi connectivity index (χ1) is 14.2. The molecule has 2 fully saturated rings. The van der Waals surface area contributed by atoms with Crippen LogP contribution in [0.2, 0.25) is 0 Å². The van der Waals surface area contributed by atoms with Gasteiger partial charge < -0.3 is 10.6 Å². The van der Waals surface area contributed by atoms with Crippen LogP contribution < -0.4 is 10.6 Å². The summed E-state index contributed by atoms with van der Waals surface area (Å²) >= 11 is 1.52. The van der Waals surface area contributed by atoms with Crippen molar-refractivity contribution in [2.45, 2.75) is 58.5 Å². The van der Waals surface area contributed by atoms with Crippen LogP contribution in [0.15, 0.2) is 24.3 Å². The highest BCUT2D eigenvalue weighted by molar-refractivity contribution is 7.18. The van der Waals surface area contributed by atoms with Gasteiger partial charge in [-0.2, -0.15) is 0 Å². The topological polar surface area (TPSA) is 91.4 Å². The number of nitrogens with zero attached hydrogens (tertiary/aromatic N) is 2. The number of amides is 4. The van der Waals surface area contributed by atoms with Gasteiger partial charge >= 0.3 is 6.03 Å². The standard InChI is InChI=1S/C22H28N4O3S/c1-21(2,3)14-8-10-22(11-9-14)19(28)26(20(29)25-22)13-17(27)23-12-18-24-15-6-4-5-7-16(15)30-18/h4-7,14H,8-13H2,1-3H3,(H,23,27)(H,25,29). The molecule has 0 bridgehead atoms. The number of aromatic nitrogens is 1. The van der Waals surface area contributed by atoms with Crippen molar-refractivity contribution in [1.82, 2.24) is 20.5 Å². The predicted molar refractivity (Wildman–Crippen MR) is 116 cm³/mol. The van der Waals surface area contributed by atoms with Gasteiger partial charge in [0.15, 0.2) is 0 Å². The number of thiazole rings is 1. The quantitative estimate of drug-likeness (QED) is 0.730. The third kappa shape index (κ3) is 3.93. The summed E-state index contributed by atoms with van der Waals surface area (Å²) in [6, 6.07) is 7.32. The van der Waals surface area contributed by atoms with Crippen LogP contribution in [0.1, 0.15) is 51.5 Å².